The van der Waals surface area contributed by atoms with Crippen LogP contribution in [0.5, 0.6) is 0 Å². The molecule has 0 aliphatic carbocycles. The van der Waals surface area contributed by atoms with Gasteiger partial charge in [0.05, 0.1) is 17.6 Å². The number of aryl methyl sites for hydroxylation is 1. The van der Waals surface area contributed by atoms with E-state index in [0.29, 0.717) is 13.2 Å². The van der Waals surface area contributed by atoms with Crippen LogP contribution in [-0.4, -0.2) is 27.7 Å². The van der Waals surface area contributed by atoms with E-state index >= 15 is 0 Å². The van der Waals surface area contributed by atoms with Gasteiger partial charge in [-0.05, 0) is 44.0 Å². The highest BCUT2D eigenvalue weighted by atomic mass is 32.2. The molecule has 108 valence electrons. The molecule has 1 aromatic carbocycles. The molecule has 0 atom stereocenters. The third-order valence-corrected chi connectivity index (χ3v) is 4.15. The fraction of sp³-hybridized carbons (Fsp3) is 0.538. The molecule has 0 saturated heterocycles. The Morgan fingerprint density at radius 3 is 2.63 bits per heavy atom. The number of nitrogens with two attached hydrogens (primary N) is 1. The first-order chi connectivity index (χ1) is 8.86. The molecule has 19 heavy (non-hydrogen) atoms. The third kappa shape index (κ3) is 4.91. The first kappa shape index (κ1) is 16.1. The Morgan fingerprint density at radius 1 is 1.37 bits per heavy atom. The summed E-state index contributed by atoms with van der Waals surface area (Å²) in [6, 6.07) is 4.96. The van der Waals surface area contributed by atoms with Gasteiger partial charge in [-0.25, -0.2) is 13.1 Å². The largest absolute Gasteiger partial charge is 0.377 e. The Bertz CT molecular complexity index is 513. The van der Waals surface area contributed by atoms with Crippen molar-refractivity contribution in [3.8, 4) is 0 Å². The van der Waals surface area contributed by atoms with Crippen LogP contribution in [0.15, 0.2) is 23.1 Å². The van der Waals surface area contributed by atoms with Crippen LogP contribution in [0.1, 0.15) is 25.0 Å². The summed E-state index contributed by atoms with van der Waals surface area (Å²) < 4.78 is 31.9. The molecular weight excluding hydrogens is 264 g/mol. The lowest BCUT2D eigenvalue weighted by Gasteiger charge is -2.11. The van der Waals surface area contributed by atoms with Gasteiger partial charge in [-0.1, -0.05) is 6.07 Å². The van der Waals surface area contributed by atoms with Crippen LogP contribution in [0.2, 0.25) is 0 Å². The van der Waals surface area contributed by atoms with E-state index < -0.39 is 10.0 Å². The van der Waals surface area contributed by atoms with Crippen molar-refractivity contribution in [3.63, 3.8) is 0 Å². The summed E-state index contributed by atoms with van der Waals surface area (Å²) in [5.41, 5.74) is 7.41. The zero-order chi connectivity index (χ0) is 14.5. The van der Waals surface area contributed by atoms with Gasteiger partial charge in [-0.3, -0.25) is 0 Å². The Labute approximate surface area is 115 Å². The molecule has 0 heterocycles. The van der Waals surface area contributed by atoms with Crippen molar-refractivity contribution in [2.75, 3.05) is 13.2 Å². The molecule has 0 saturated carbocycles. The van der Waals surface area contributed by atoms with E-state index in [4.69, 9.17) is 10.5 Å². The standard InChI is InChI=1S/C13H22N2O3S/c1-10(2)18-7-6-15-19(16,17)13-5-4-11(3)12(8-13)9-14/h4-5,8,10,15H,6-7,9,14H2,1-3H3. The highest BCUT2D eigenvalue weighted by Crippen LogP contribution is 2.14. The van der Waals surface area contributed by atoms with Crippen molar-refractivity contribution in [3.05, 3.63) is 29.3 Å². The van der Waals surface area contributed by atoms with Crippen LogP contribution < -0.4 is 10.5 Å². The molecule has 3 N–H and O–H groups in total. The number of benzene rings is 1. The van der Waals surface area contributed by atoms with Crippen molar-refractivity contribution in [1.29, 1.82) is 0 Å². The first-order valence-electron chi connectivity index (χ1n) is 6.27. The zero-order valence-electron chi connectivity index (χ0n) is 11.6. The highest BCUT2D eigenvalue weighted by molar-refractivity contribution is 7.89. The second-order valence-electron chi connectivity index (χ2n) is 4.61. The molecule has 0 radical (unpaired) electrons. The van der Waals surface area contributed by atoms with Gasteiger partial charge in [-0.2, -0.15) is 0 Å². The zero-order valence-corrected chi connectivity index (χ0v) is 12.5. The maximum absolute atomic E-state index is 12.0. The summed E-state index contributed by atoms with van der Waals surface area (Å²) in [5.74, 6) is 0. The fourth-order valence-corrected chi connectivity index (χ4v) is 2.65. The Hall–Kier alpha value is -0.950. The minimum atomic E-state index is -3.49. The van der Waals surface area contributed by atoms with Crippen molar-refractivity contribution in [2.24, 2.45) is 5.73 Å². The fourth-order valence-electron chi connectivity index (χ4n) is 1.59. The summed E-state index contributed by atoms with van der Waals surface area (Å²) in [7, 11) is -3.49. The lowest BCUT2D eigenvalue weighted by Crippen LogP contribution is -2.28. The predicted octanol–water partition coefficient (Wildman–Crippen LogP) is 1.16. The Morgan fingerprint density at radius 2 is 2.05 bits per heavy atom. The van der Waals surface area contributed by atoms with Crippen LogP contribution >= 0.6 is 0 Å². The topological polar surface area (TPSA) is 81.4 Å². The van der Waals surface area contributed by atoms with E-state index in [0.717, 1.165) is 11.1 Å². The van der Waals surface area contributed by atoms with Gasteiger partial charge in [0.15, 0.2) is 0 Å². The Balaban J connectivity index is 2.72. The van der Waals surface area contributed by atoms with Crippen LogP contribution in [0.3, 0.4) is 0 Å². The van der Waals surface area contributed by atoms with Gasteiger partial charge in [0.2, 0.25) is 10.0 Å². The van der Waals surface area contributed by atoms with Gasteiger partial charge in [-0.15, -0.1) is 0 Å². The van der Waals surface area contributed by atoms with Crippen LogP contribution in [0, 0.1) is 6.92 Å². The van der Waals surface area contributed by atoms with Gasteiger partial charge < -0.3 is 10.5 Å². The van der Waals surface area contributed by atoms with E-state index in [9.17, 15) is 8.42 Å². The summed E-state index contributed by atoms with van der Waals surface area (Å²) in [5, 5.41) is 0. The average Bonchev–Trinajstić information content (AvgIpc) is 2.35. The molecular formula is C13H22N2O3S. The van der Waals surface area contributed by atoms with Crippen molar-refractivity contribution >= 4 is 10.0 Å². The number of nitrogens with one attached hydrogen (secondary N) is 1. The monoisotopic (exact) mass is 286 g/mol. The molecule has 0 amide bonds. The number of rotatable bonds is 7. The van der Waals surface area contributed by atoms with Gasteiger partial charge in [0, 0.05) is 13.1 Å². The molecule has 1 rings (SSSR count). The number of sulfonamides is 1. The molecule has 6 heteroatoms. The van der Waals surface area contributed by atoms with E-state index in [-0.39, 0.29) is 17.5 Å². The molecule has 0 aliphatic heterocycles. The SMILES string of the molecule is Cc1ccc(S(=O)(=O)NCCOC(C)C)cc1CN. The van der Waals surface area contributed by atoms with Crippen LogP contribution in [-0.2, 0) is 21.3 Å². The normalized spacial score (nSPS) is 12.1. The third-order valence-electron chi connectivity index (χ3n) is 2.70. The summed E-state index contributed by atoms with van der Waals surface area (Å²) in [6.07, 6.45) is 0.0905. The van der Waals surface area contributed by atoms with Crippen LogP contribution in [0.25, 0.3) is 0 Å². The molecule has 0 unspecified atom stereocenters. The summed E-state index contributed by atoms with van der Waals surface area (Å²) >= 11 is 0. The number of ether oxygens (including phenoxy) is 1. The maximum atomic E-state index is 12.0. The highest BCUT2D eigenvalue weighted by Gasteiger charge is 2.14. The molecule has 0 aromatic heterocycles. The van der Waals surface area contributed by atoms with Crippen molar-refractivity contribution < 1.29 is 13.2 Å². The van der Waals surface area contributed by atoms with E-state index in [2.05, 4.69) is 4.72 Å². The molecule has 5 nitrogen and oxygen atoms in total. The first-order valence-corrected chi connectivity index (χ1v) is 7.76. The average molecular weight is 286 g/mol. The quantitative estimate of drug-likeness (QED) is 0.737. The molecule has 0 spiro atoms. The molecule has 0 aliphatic rings. The van der Waals surface area contributed by atoms with Gasteiger partial charge >= 0.3 is 0 Å². The second-order valence-corrected chi connectivity index (χ2v) is 6.38. The lowest BCUT2D eigenvalue weighted by molar-refractivity contribution is 0.0834. The summed E-state index contributed by atoms with van der Waals surface area (Å²) in [4.78, 5) is 0.239. The molecule has 1 aromatic rings. The smallest absolute Gasteiger partial charge is 0.240 e. The van der Waals surface area contributed by atoms with Crippen molar-refractivity contribution in [2.45, 2.75) is 38.3 Å². The van der Waals surface area contributed by atoms with Gasteiger partial charge in [0.25, 0.3) is 0 Å². The Kier molecular flexibility index (Phi) is 5.93. The number of hydrogen-bond donors (Lipinski definition) is 2. The summed E-state index contributed by atoms with van der Waals surface area (Å²) in [6.45, 7) is 6.65. The van der Waals surface area contributed by atoms with E-state index in [1.807, 2.05) is 20.8 Å². The lowest BCUT2D eigenvalue weighted by atomic mass is 10.1. The molecule has 0 fully saturated rings. The second kappa shape index (κ2) is 7.00. The maximum Gasteiger partial charge on any atom is 0.240 e. The predicted molar refractivity (Wildman–Crippen MR) is 75.3 cm³/mol. The minimum Gasteiger partial charge on any atom is -0.377 e. The van der Waals surface area contributed by atoms with E-state index in [1.54, 1.807) is 18.2 Å². The van der Waals surface area contributed by atoms with Crippen LogP contribution in [0.4, 0.5) is 0 Å². The van der Waals surface area contributed by atoms with Gasteiger partial charge in [0.1, 0.15) is 0 Å². The van der Waals surface area contributed by atoms with Crippen molar-refractivity contribution in [1.82, 2.24) is 4.72 Å². The minimum absolute atomic E-state index is 0.0905. The van der Waals surface area contributed by atoms with E-state index in [1.165, 1.54) is 0 Å². The molecule has 0 bridgehead atoms. The number of hydrogen-bond acceptors (Lipinski definition) is 4.